The normalized spacial score (nSPS) is 10.6. The molecule has 0 saturated carbocycles. The zero-order valence-corrected chi connectivity index (χ0v) is 11.2. The molecule has 0 N–H and O–H groups in total. The first kappa shape index (κ1) is 13.4. The molecule has 16 heavy (non-hydrogen) atoms. The van der Waals surface area contributed by atoms with Gasteiger partial charge in [0, 0.05) is 22.2 Å². The molecule has 0 unspecified atom stereocenters. The predicted molar refractivity (Wildman–Crippen MR) is 71.4 cm³/mol. The fourth-order valence-electron chi connectivity index (χ4n) is 1.80. The number of rotatable bonds is 8. The Morgan fingerprint density at radius 2 is 1.88 bits per heavy atom. The summed E-state index contributed by atoms with van der Waals surface area (Å²) < 4.78 is 0. The van der Waals surface area contributed by atoms with E-state index in [1.807, 2.05) is 18.4 Å². The molecule has 0 aliphatic rings. The van der Waals surface area contributed by atoms with Crippen molar-refractivity contribution in [1.82, 2.24) is 0 Å². The fraction of sp³-hybridized carbons (Fsp3) is 0.643. The van der Waals surface area contributed by atoms with Gasteiger partial charge in [-0.15, -0.1) is 11.3 Å². The summed E-state index contributed by atoms with van der Waals surface area (Å²) in [4.78, 5) is 13.0. The lowest BCUT2D eigenvalue weighted by Crippen LogP contribution is -1.96. The molecule has 0 bridgehead atoms. The van der Waals surface area contributed by atoms with Crippen molar-refractivity contribution in [2.24, 2.45) is 0 Å². The lowest BCUT2D eigenvalue weighted by Gasteiger charge is -1.99. The first-order chi connectivity index (χ1) is 7.74. The summed E-state index contributed by atoms with van der Waals surface area (Å²) >= 11 is 1.66. The third-order valence-electron chi connectivity index (χ3n) is 2.81. The number of ketones is 1. The van der Waals surface area contributed by atoms with E-state index in [0.717, 1.165) is 18.4 Å². The highest BCUT2D eigenvalue weighted by Crippen LogP contribution is 2.16. The third kappa shape index (κ3) is 4.93. The summed E-state index contributed by atoms with van der Waals surface area (Å²) in [7, 11) is 0. The zero-order chi connectivity index (χ0) is 11.8. The Morgan fingerprint density at radius 1 is 1.19 bits per heavy atom. The van der Waals surface area contributed by atoms with Gasteiger partial charge in [-0.3, -0.25) is 4.79 Å². The number of carbonyl (C=O) groups excluding carboxylic acids is 1. The monoisotopic (exact) mass is 238 g/mol. The highest BCUT2D eigenvalue weighted by molar-refractivity contribution is 7.10. The minimum Gasteiger partial charge on any atom is -0.294 e. The molecule has 0 spiro atoms. The standard InChI is InChI=1S/C14H22OS/c1-3-4-5-6-7-8-9-14(15)13-10-12(2)16-11-13/h10-11H,3-9H2,1-2H3. The van der Waals surface area contributed by atoms with Crippen LogP contribution in [0.5, 0.6) is 0 Å². The van der Waals surface area contributed by atoms with Crippen LogP contribution in [0.4, 0.5) is 0 Å². The van der Waals surface area contributed by atoms with Crippen molar-refractivity contribution in [2.75, 3.05) is 0 Å². The number of hydrogen-bond acceptors (Lipinski definition) is 2. The van der Waals surface area contributed by atoms with E-state index in [4.69, 9.17) is 0 Å². The van der Waals surface area contributed by atoms with Crippen LogP contribution in [0, 0.1) is 6.92 Å². The van der Waals surface area contributed by atoms with Gasteiger partial charge in [0.15, 0.2) is 5.78 Å². The van der Waals surface area contributed by atoms with Gasteiger partial charge in [0.25, 0.3) is 0 Å². The van der Waals surface area contributed by atoms with E-state index in [2.05, 4.69) is 6.92 Å². The molecule has 90 valence electrons. The van der Waals surface area contributed by atoms with Gasteiger partial charge in [-0.05, 0) is 19.4 Å². The van der Waals surface area contributed by atoms with E-state index in [-0.39, 0.29) is 0 Å². The fourth-order valence-corrected chi connectivity index (χ4v) is 2.51. The van der Waals surface area contributed by atoms with Crippen molar-refractivity contribution < 1.29 is 4.79 Å². The molecule has 1 aromatic heterocycles. The van der Waals surface area contributed by atoms with Gasteiger partial charge in [-0.2, -0.15) is 0 Å². The lowest BCUT2D eigenvalue weighted by atomic mass is 10.1. The van der Waals surface area contributed by atoms with Crippen LogP contribution in [0.1, 0.15) is 67.1 Å². The smallest absolute Gasteiger partial charge is 0.163 e. The molecule has 0 fully saturated rings. The summed E-state index contributed by atoms with van der Waals surface area (Å²) in [5, 5.41) is 1.98. The van der Waals surface area contributed by atoms with E-state index < -0.39 is 0 Å². The van der Waals surface area contributed by atoms with Gasteiger partial charge >= 0.3 is 0 Å². The summed E-state index contributed by atoms with van der Waals surface area (Å²) in [6, 6.07) is 2.00. The Morgan fingerprint density at radius 3 is 2.50 bits per heavy atom. The van der Waals surface area contributed by atoms with E-state index in [1.165, 1.54) is 37.0 Å². The van der Waals surface area contributed by atoms with Crippen molar-refractivity contribution in [3.05, 3.63) is 21.9 Å². The van der Waals surface area contributed by atoms with Crippen molar-refractivity contribution in [1.29, 1.82) is 0 Å². The molecule has 1 nitrogen and oxygen atoms in total. The summed E-state index contributed by atoms with van der Waals surface area (Å²) in [6.45, 7) is 4.27. The molecule has 0 aromatic carbocycles. The molecule has 0 saturated heterocycles. The highest BCUT2D eigenvalue weighted by Gasteiger charge is 2.06. The van der Waals surface area contributed by atoms with Crippen LogP contribution in [0.3, 0.4) is 0 Å². The number of hydrogen-bond donors (Lipinski definition) is 0. The average Bonchev–Trinajstić information content (AvgIpc) is 2.70. The number of aryl methyl sites for hydroxylation is 1. The first-order valence-corrected chi connectivity index (χ1v) is 7.20. The van der Waals surface area contributed by atoms with Crippen molar-refractivity contribution in [2.45, 2.75) is 58.8 Å². The van der Waals surface area contributed by atoms with E-state index in [9.17, 15) is 4.79 Å². The molecule has 0 amide bonds. The molecule has 0 aliphatic carbocycles. The van der Waals surface area contributed by atoms with Crippen LogP contribution in [0.25, 0.3) is 0 Å². The molecule has 1 rings (SSSR count). The Bertz CT molecular complexity index is 314. The van der Waals surface area contributed by atoms with Crippen molar-refractivity contribution in [3.8, 4) is 0 Å². The molecule has 1 aromatic rings. The molecular formula is C14H22OS. The van der Waals surface area contributed by atoms with Gasteiger partial charge < -0.3 is 0 Å². The maximum atomic E-state index is 11.8. The van der Waals surface area contributed by atoms with Gasteiger partial charge in [0.1, 0.15) is 0 Å². The van der Waals surface area contributed by atoms with Crippen LogP contribution in [-0.2, 0) is 0 Å². The van der Waals surface area contributed by atoms with Crippen LogP contribution < -0.4 is 0 Å². The largest absolute Gasteiger partial charge is 0.294 e. The number of Topliss-reactive ketones (excluding diaryl/α,β-unsaturated/α-hetero) is 1. The maximum absolute atomic E-state index is 11.8. The molecule has 2 heteroatoms. The zero-order valence-electron chi connectivity index (χ0n) is 10.4. The van der Waals surface area contributed by atoms with E-state index in [0.29, 0.717) is 5.78 Å². The molecule has 1 heterocycles. The van der Waals surface area contributed by atoms with Crippen LogP contribution in [0.2, 0.25) is 0 Å². The number of unbranched alkanes of at least 4 members (excludes halogenated alkanes) is 5. The van der Waals surface area contributed by atoms with Gasteiger partial charge in [-0.25, -0.2) is 0 Å². The Kier molecular flexibility index (Phi) is 6.39. The SMILES string of the molecule is CCCCCCCCC(=O)c1csc(C)c1. The number of thiophene rings is 1. The molecule has 0 atom stereocenters. The third-order valence-corrected chi connectivity index (χ3v) is 3.67. The lowest BCUT2D eigenvalue weighted by molar-refractivity contribution is 0.0979. The molecule has 0 radical (unpaired) electrons. The Balaban J connectivity index is 2.11. The van der Waals surface area contributed by atoms with Crippen LogP contribution >= 0.6 is 11.3 Å². The van der Waals surface area contributed by atoms with Gasteiger partial charge in [0.2, 0.25) is 0 Å². The van der Waals surface area contributed by atoms with E-state index >= 15 is 0 Å². The summed E-state index contributed by atoms with van der Waals surface area (Å²) in [6.07, 6.45) is 8.20. The van der Waals surface area contributed by atoms with Gasteiger partial charge in [-0.1, -0.05) is 39.0 Å². The first-order valence-electron chi connectivity index (χ1n) is 6.32. The quantitative estimate of drug-likeness (QED) is 0.460. The molecule has 0 aliphatic heterocycles. The number of carbonyl (C=O) groups is 1. The Labute approximate surface area is 103 Å². The molecular weight excluding hydrogens is 216 g/mol. The maximum Gasteiger partial charge on any atom is 0.163 e. The second-order valence-corrected chi connectivity index (χ2v) is 5.50. The predicted octanol–water partition coefficient (Wildman–Crippen LogP) is 4.99. The van der Waals surface area contributed by atoms with E-state index in [1.54, 1.807) is 11.3 Å². The summed E-state index contributed by atoms with van der Waals surface area (Å²) in [5.41, 5.74) is 0.913. The summed E-state index contributed by atoms with van der Waals surface area (Å²) in [5.74, 6) is 0.319. The van der Waals surface area contributed by atoms with Crippen LogP contribution in [-0.4, -0.2) is 5.78 Å². The van der Waals surface area contributed by atoms with Crippen molar-refractivity contribution in [3.63, 3.8) is 0 Å². The van der Waals surface area contributed by atoms with Crippen LogP contribution in [0.15, 0.2) is 11.4 Å². The highest BCUT2D eigenvalue weighted by atomic mass is 32.1. The Hall–Kier alpha value is -0.630. The van der Waals surface area contributed by atoms with Gasteiger partial charge in [0.05, 0.1) is 0 Å². The second-order valence-electron chi connectivity index (χ2n) is 4.39. The minimum absolute atomic E-state index is 0.319. The minimum atomic E-state index is 0.319. The second kappa shape index (κ2) is 7.61. The topological polar surface area (TPSA) is 17.1 Å². The van der Waals surface area contributed by atoms with Crippen molar-refractivity contribution >= 4 is 17.1 Å². The average molecular weight is 238 g/mol.